The summed E-state index contributed by atoms with van der Waals surface area (Å²) in [6.07, 6.45) is 5.83. The fourth-order valence-electron chi connectivity index (χ4n) is 1.24. The predicted octanol–water partition coefficient (Wildman–Crippen LogP) is 4.14. The van der Waals surface area contributed by atoms with Gasteiger partial charge in [0.25, 0.3) is 0 Å². The molecule has 0 radical (unpaired) electrons. The minimum atomic E-state index is 0.326. The van der Waals surface area contributed by atoms with E-state index in [4.69, 9.17) is 0 Å². The van der Waals surface area contributed by atoms with E-state index in [-0.39, 0.29) is 0 Å². The minimum absolute atomic E-state index is 0.326. The van der Waals surface area contributed by atoms with Crippen LogP contribution in [-0.2, 0) is 0 Å². The highest BCUT2D eigenvalue weighted by atomic mass is 79.9. The Hall–Kier alpha value is -0.820. The molecule has 0 aliphatic heterocycles. The molecule has 68 valence electrons. The van der Waals surface area contributed by atoms with E-state index >= 15 is 0 Å². The summed E-state index contributed by atoms with van der Waals surface area (Å²) in [4.78, 5) is 0. The van der Waals surface area contributed by atoms with Crippen LogP contribution in [0.1, 0.15) is 6.92 Å². The molecule has 0 N–H and O–H groups in total. The fraction of sp³-hybridized carbons (Fsp3) is 0.167. The first kappa shape index (κ1) is 10.3. The molecule has 13 heavy (non-hydrogen) atoms. The van der Waals surface area contributed by atoms with E-state index in [9.17, 15) is 0 Å². The van der Waals surface area contributed by atoms with Crippen molar-refractivity contribution in [2.24, 2.45) is 5.92 Å². The van der Waals surface area contributed by atoms with Gasteiger partial charge in [-0.1, -0.05) is 60.8 Å². The largest absolute Gasteiger partial charge is 0.0979 e. The molecule has 1 unspecified atom stereocenters. The van der Waals surface area contributed by atoms with Gasteiger partial charge in [-0.25, -0.2) is 0 Å². The zero-order valence-corrected chi connectivity index (χ0v) is 9.39. The molecule has 0 aromatic rings. The normalized spacial score (nSPS) is 26.2. The summed E-state index contributed by atoms with van der Waals surface area (Å²) >= 11 is 3.45. The van der Waals surface area contributed by atoms with Crippen molar-refractivity contribution in [2.75, 3.05) is 0 Å². The molecule has 0 spiro atoms. The number of allylic oxidation sites excluding steroid dienone is 7. The number of halogens is 1. The zero-order valence-electron chi connectivity index (χ0n) is 7.81. The van der Waals surface area contributed by atoms with Gasteiger partial charge in [0.1, 0.15) is 0 Å². The van der Waals surface area contributed by atoms with Crippen LogP contribution >= 0.6 is 15.9 Å². The standard InChI is InChI=1S/C12H13Br/c1-5-12(13)11-7-6-8(2)9(3)10(11)4/h5-7,9H,1-2,4H2,3H3/b12-11+. The summed E-state index contributed by atoms with van der Waals surface area (Å²) in [5, 5.41) is 0. The van der Waals surface area contributed by atoms with Gasteiger partial charge in [0, 0.05) is 10.4 Å². The Kier molecular flexibility index (Phi) is 3.10. The lowest BCUT2D eigenvalue weighted by atomic mass is 9.84. The van der Waals surface area contributed by atoms with E-state index < -0.39 is 0 Å². The van der Waals surface area contributed by atoms with Crippen molar-refractivity contribution < 1.29 is 0 Å². The Labute approximate surface area is 88.2 Å². The summed E-state index contributed by atoms with van der Waals surface area (Å²) in [5.74, 6) is 0.326. The maximum Gasteiger partial charge on any atom is 0.0244 e. The number of hydrogen-bond donors (Lipinski definition) is 0. The topological polar surface area (TPSA) is 0 Å². The molecule has 0 aromatic heterocycles. The lowest BCUT2D eigenvalue weighted by molar-refractivity contribution is 0.833. The van der Waals surface area contributed by atoms with Gasteiger partial charge in [-0.15, -0.1) is 0 Å². The molecule has 0 heterocycles. The summed E-state index contributed by atoms with van der Waals surface area (Å²) in [6.45, 7) is 13.8. The van der Waals surface area contributed by atoms with Gasteiger partial charge in [-0.2, -0.15) is 0 Å². The second kappa shape index (κ2) is 3.93. The van der Waals surface area contributed by atoms with E-state index in [0.717, 1.165) is 21.2 Å². The molecule has 0 nitrogen and oxygen atoms in total. The monoisotopic (exact) mass is 236 g/mol. The van der Waals surface area contributed by atoms with Crippen LogP contribution in [0.15, 0.2) is 59.2 Å². The van der Waals surface area contributed by atoms with Crippen LogP contribution in [-0.4, -0.2) is 0 Å². The average Bonchev–Trinajstić information content (AvgIpc) is 2.13. The Morgan fingerprint density at radius 2 is 2.08 bits per heavy atom. The first-order valence-electron chi connectivity index (χ1n) is 4.16. The lowest BCUT2D eigenvalue weighted by Crippen LogP contribution is -2.06. The molecule has 0 saturated carbocycles. The molecule has 0 saturated heterocycles. The molecule has 0 bridgehead atoms. The Morgan fingerprint density at radius 1 is 1.46 bits per heavy atom. The molecule has 1 heteroatoms. The number of rotatable bonds is 1. The van der Waals surface area contributed by atoms with Crippen molar-refractivity contribution >= 4 is 15.9 Å². The molecule has 0 aromatic carbocycles. The first-order valence-corrected chi connectivity index (χ1v) is 4.95. The first-order chi connectivity index (χ1) is 6.07. The molecule has 0 amide bonds. The van der Waals surface area contributed by atoms with Crippen molar-refractivity contribution in [1.82, 2.24) is 0 Å². The van der Waals surface area contributed by atoms with Gasteiger partial charge in [0.05, 0.1) is 0 Å². The fourth-order valence-corrected chi connectivity index (χ4v) is 1.63. The molecule has 1 aliphatic carbocycles. The molecule has 1 rings (SSSR count). The number of hydrogen-bond acceptors (Lipinski definition) is 0. The molecular formula is C12H13Br. The van der Waals surface area contributed by atoms with Crippen LogP contribution in [0.3, 0.4) is 0 Å². The average molecular weight is 237 g/mol. The molecular weight excluding hydrogens is 224 g/mol. The van der Waals surface area contributed by atoms with Crippen molar-refractivity contribution in [2.45, 2.75) is 6.92 Å². The van der Waals surface area contributed by atoms with Crippen LogP contribution in [0, 0.1) is 5.92 Å². The SMILES string of the molecule is C=C/C(Br)=C1/C=CC(=C)C(C)C1=C. The van der Waals surface area contributed by atoms with E-state index in [1.807, 2.05) is 12.2 Å². The smallest absolute Gasteiger partial charge is 0.0244 e. The van der Waals surface area contributed by atoms with Gasteiger partial charge < -0.3 is 0 Å². The van der Waals surface area contributed by atoms with Crippen molar-refractivity contribution in [1.29, 1.82) is 0 Å². The third-order valence-corrected chi connectivity index (χ3v) is 3.08. The minimum Gasteiger partial charge on any atom is -0.0979 e. The van der Waals surface area contributed by atoms with Gasteiger partial charge >= 0.3 is 0 Å². The van der Waals surface area contributed by atoms with Crippen molar-refractivity contribution in [3.8, 4) is 0 Å². The maximum absolute atomic E-state index is 4.05. The summed E-state index contributed by atoms with van der Waals surface area (Å²) in [7, 11) is 0. The van der Waals surface area contributed by atoms with E-state index in [2.05, 4.69) is 42.6 Å². The summed E-state index contributed by atoms with van der Waals surface area (Å²) in [5.41, 5.74) is 3.33. The zero-order chi connectivity index (χ0) is 10.0. The second-order valence-electron chi connectivity index (χ2n) is 3.12. The summed E-state index contributed by atoms with van der Waals surface area (Å²) in [6, 6.07) is 0. The Balaban J connectivity index is 3.19. The lowest BCUT2D eigenvalue weighted by Gasteiger charge is -2.21. The third-order valence-electron chi connectivity index (χ3n) is 2.33. The summed E-state index contributed by atoms with van der Waals surface area (Å²) < 4.78 is 0.994. The van der Waals surface area contributed by atoms with Gasteiger partial charge in [0.2, 0.25) is 0 Å². The second-order valence-corrected chi connectivity index (χ2v) is 3.98. The highest BCUT2D eigenvalue weighted by molar-refractivity contribution is 9.11. The Bertz CT molecular complexity index is 329. The van der Waals surface area contributed by atoms with E-state index in [0.29, 0.717) is 5.92 Å². The molecule has 1 aliphatic rings. The van der Waals surface area contributed by atoms with Crippen LogP contribution < -0.4 is 0 Å². The quantitative estimate of drug-likeness (QED) is 0.642. The Morgan fingerprint density at radius 3 is 2.62 bits per heavy atom. The van der Waals surface area contributed by atoms with Crippen LogP contribution in [0.25, 0.3) is 0 Å². The maximum atomic E-state index is 4.05. The van der Waals surface area contributed by atoms with Crippen LogP contribution in [0.5, 0.6) is 0 Å². The van der Waals surface area contributed by atoms with Gasteiger partial charge in [-0.3, -0.25) is 0 Å². The highest BCUT2D eigenvalue weighted by Crippen LogP contribution is 2.33. The van der Waals surface area contributed by atoms with Crippen LogP contribution in [0.2, 0.25) is 0 Å². The predicted molar refractivity (Wildman–Crippen MR) is 62.7 cm³/mol. The molecule has 1 atom stereocenters. The molecule has 0 fully saturated rings. The van der Waals surface area contributed by atoms with Gasteiger partial charge in [-0.05, 0) is 16.7 Å². The third kappa shape index (κ3) is 1.92. The van der Waals surface area contributed by atoms with E-state index in [1.54, 1.807) is 6.08 Å². The van der Waals surface area contributed by atoms with E-state index in [1.165, 1.54) is 0 Å². The van der Waals surface area contributed by atoms with Gasteiger partial charge in [0.15, 0.2) is 0 Å². The van der Waals surface area contributed by atoms with Crippen molar-refractivity contribution in [3.05, 3.63) is 59.2 Å². The highest BCUT2D eigenvalue weighted by Gasteiger charge is 2.17. The van der Waals surface area contributed by atoms with Crippen molar-refractivity contribution in [3.63, 3.8) is 0 Å². The van der Waals surface area contributed by atoms with Crippen LogP contribution in [0.4, 0.5) is 0 Å².